The van der Waals surface area contributed by atoms with Crippen LogP contribution in [0, 0.1) is 0 Å². The van der Waals surface area contributed by atoms with Gasteiger partial charge in [0.15, 0.2) is 5.65 Å². The second-order valence-corrected chi connectivity index (χ2v) is 5.75. The maximum atomic E-state index is 12.8. The molecule has 5 nitrogen and oxygen atoms in total. The summed E-state index contributed by atoms with van der Waals surface area (Å²) in [4.78, 5) is 15.5. The number of carbonyl (C=O) groups excluding carboxylic acids is 1. The molecule has 0 saturated heterocycles. The largest absolute Gasteiger partial charge is 0.369 e. The quantitative estimate of drug-likeness (QED) is 0.913. The highest BCUT2D eigenvalue weighted by Crippen LogP contribution is 2.46. The smallest absolute Gasteiger partial charge is 0.281 e. The molecule has 20 heavy (non-hydrogen) atoms. The molecule has 106 valence electrons. The zero-order valence-electron chi connectivity index (χ0n) is 11.1. The van der Waals surface area contributed by atoms with E-state index in [1.165, 1.54) is 16.9 Å². The zero-order chi connectivity index (χ0) is 14.7. The van der Waals surface area contributed by atoms with E-state index in [1.807, 2.05) is 13.8 Å². The Kier molecular flexibility index (Phi) is 2.57. The predicted molar refractivity (Wildman–Crippen MR) is 67.5 cm³/mol. The Morgan fingerprint density at radius 1 is 1.55 bits per heavy atom. The van der Waals surface area contributed by atoms with Crippen molar-refractivity contribution in [1.29, 1.82) is 0 Å². The molecule has 2 aromatic heterocycles. The molecule has 0 radical (unpaired) electrons. The van der Waals surface area contributed by atoms with Crippen LogP contribution in [-0.4, -0.2) is 20.5 Å². The van der Waals surface area contributed by atoms with Gasteiger partial charge in [-0.1, -0.05) is 13.8 Å². The summed E-state index contributed by atoms with van der Waals surface area (Å²) in [5.41, 5.74) is 6.60. The molecule has 0 bridgehead atoms. The molecule has 1 amide bonds. The van der Waals surface area contributed by atoms with Crippen LogP contribution in [0.25, 0.3) is 5.65 Å². The van der Waals surface area contributed by atoms with Crippen molar-refractivity contribution in [3.63, 3.8) is 0 Å². The molecule has 2 heterocycles. The molecular formula is C13H14F2N4O. The summed E-state index contributed by atoms with van der Waals surface area (Å²) in [5, 5.41) is 4.07. The second-order valence-electron chi connectivity index (χ2n) is 5.75. The zero-order valence-corrected chi connectivity index (χ0v) is 11.1. The van der Waals surface area contributed by atoms with Crippen LogP contribution >= 0.6 is 0 Å². The first-order valence-corrected chi connectivity index (χ1v) is 6.27. The third kappa shape index (κ3) is 1.69. The number of aromatic nitrogens is 3. The van der Waals surface area contributed by atoms with Crippen LogP contribution in [0.5, 0.6) is 0 Å². The van der Waals surface area contributed by atoms with Gasteiger partial charge >= 0.3 is 0 Å². The minimum atomic E-state index is -2.65. The maximum Gasteiger partial charge on any atom is 0.281 e. The van der Waals surface area contributed by atoms with Crippen molar-refractivity contribution in [1.82, 2.24) is 14.6 Å². The first-order chi connectivity index (χ1) is 9.31. The number of carbonyl (C=O) groups is 1. The van der Waals surface area contributed by atoms with Crippen molar-refractivity contribution < 1.29 is 13.6 Å². The molecule has 1 aliphatic rings. The molecule has 1 unspecified atom stereocenters. The van der Waals surface area contributed by atoms with Gasteiger partial charge in [0.1, 0.15) is 5.69 Å². The molecule has 0 spiro atoms. The standard InChI is InChI=1S/C13H14F2N4O/c1-13(2)3-6(11(16)20)7-4-17-19-5-8(10(14)15)18-12(19)9(7)13/h4-6,10H,3H2,1-2H3,(H2,16,20). The normalized spacial score (nSPS) is 20.6. The highest BCUT2D eigenvalue weighted by molar-refractivity contribution is 5.85. The second kappa shape index (κ2) is 3.97. The van der Waals surface area contributed by atoms with Gasteiger partial charge in [-0.3, -0.25) is 4.79 Å². The third-order valence-electron chi connectivity index (χ3n) is 3.87. The summed E-state index contributed by atoms with van der Waals surface area (Å²) in [7, 11) is 0. The Balaban J connectivity index is 2.29. The van der Waals surface area contributed by atoms with Gasteiger partial charge in [-0.25, -0.2) is 18.3 Å². The van der Waals surface area contributed by atoms with Crippen molar-refractivity contribution in [3.8, 4) is 0 Å². The van der Waals surface area contributed by atoms with Crippen LogP contribution in [0.3, 0.4) is 0 Å². The Morgan fingerprint density at radius 2 is 2.25 bits per heavy atom. The third-order valence-corrected chi connectivity index (χ3v) is 3.87. The number of nitrogens with zero attached hydrogens (tertiary/aromatic N) is 3. The van der Waals surface area contributed by atoms with Gasteiger partial charge in [-0.2, -0.15) is 5.10 Å². The van der Waals surface area contributed by atoms with Crippen molar-refractivity contribution in [2.24, 2.45) is 5.73 Å². The monoisotopic (exact) mass is 280 g/mol. The van der Waals surface area contributed by atoms with Crippen molar-refractivity contribution in [3.05, 3.63) is 29.2 Å². The summed E-state index contributed by atoms with van der Waals surface area (Å²) in [6, 6.07) is 0. The molecular weight excluding hydrogens is 266 g/mol. The summed E-state index contributed by atoms with van der Waals surface area (Å²) >= 11 is 0. The highest BCUT2D eigenvalue weighted by Gasteiger charge is 2.42. The molecule has 0 fully saturated rings. The number of fused-ring (bicyclic) bond motifs is 3. The van der Waals surface area contributed by atoms with E-state index >= 15 is 0 Å². The fourth-order valence-corrected chi connectivity index (χ4v) is 3.00. The highest BCUT2D eigenvalue weighted by atomic mass is 19.3. The average Bonchev–Trinajstić information content (AvgIpc) is 2.87. The molecule has 2 aromatic rings. The lowest BCUT2D eigenvalue weighted by Gasteiger charge is -2.18. The van der Waals surface area contributed by atoms with E-state index in [-0.39, 0.29) is 11.1 Å². The van der Waals surface area contributed by atoms with Gasteiger partial charge in [-0.05, 0) is 17.4 Å². The summed E-state index contributed by atoms with van der Waals surface area (Å²) in [5.74, 6) is -0.868. The number of halogens is 2. The first-order valence-electron chi connectivity index (χ1n) is 6.27. The SMILES string of the molecule is CC1(C)CC(C(N)=O)c2cnn3cc(C(F)F)nc3c21. The van der Waals surface area contributed by atoms with E-state index in [9.17, 15) is 13.6 Å². The van der Waals surface area contributed by atoms with E-state index in [1.54, 1.807) is 0 Å². The lowest BCUT2D eigenvalue weighted by molar-refractivity contribution is -0.119. The number of nitrogens with two attached hydrogens (primary N) is 1. The van der Waals surface area contributed by atoms with Gasteiger partial charge < -0.3 is 5.73 Å². The average molecular weight is 280 g/mol. The Morgan fingerprint density at radius 3 is 2.85 bits per heavy atom. The van der Waals surface area contributed by atoms with Crippen LogP contribution in [0.1, 0.15) is 49.4 Å². The summed E-state index contributed by atoms with van der Waals surface area (Å²) in [6.07, 6.45) is 0.636. The maximum absolute atomic E-state index is 12.8. The minimum absolute atomic E-state index is 0.316. The molecule has 0 aromatic carbocycles. The summed E-state index contributed by atoms with van der Waals surface area (Å²) in [6.45, 7) is 3.90. The van der Waals surface area contributed by atoms with Crippen LogP contribution in [0.15, 0.2) is 12.4 Å². The van der Waals surface area contributed by atoms with E-state index in [0.717, 1.165) is 5.56 Å². The predicted octanol–water partition coefficient (Wildman–Crippen LogP) is 1.92. The van der Waals surface area contributed by atoms with Crippen LogP contribution in [-0.2, 0) is 10.2 Å². The van der Waals surface area contributed by atoms with Crippen molar-refractivity contribution in [2.45, 2.75) is 38.0 Å². The number of imidazole rings is 1. The first kappa shape index (κ1) is 13.0. The molecule has 1 atom stereocenters. The van der Waals surface area contributed by atoms with E-state index in [2.05, 4.69) is 10.1 Å². The Labute approximate surface area is 113 Å². The molecule has 0 saturated carbocycles. The molecule has 2 N–H and O–H groups in total. The van der Waals surface area contributed by atoms with E-state index < -0.39 is 18.3 Å². The van der Waals surface area contributed by atoms with Crippen molar-refractivity contribution in [2.75, 3.05) is 0 Å². The topological polar surface area (TPSA) is 73.3 Å². The number of rotatable bonds is 2. The number of amides is 1. The van der Waals surface area contributed by atoms with Crippen LogP contribution < -0.4 is 5.73 Å². The molecule has 7 heteroatoms. The minimum Gasteiger partial charge on any atom is -0.369 e. The van der Waals surface area contributed by atoms with Gasteiger partial charge in [0.2, 0.25) is 5.91 Å². The van der Waals surface area contributed by atoms with Gasteiger partial charge in [0, 0.05) is 5.56 Å². The number of primary amides is 1. The van der Waals surface area contributed by atoms with Gasteiger partial charge in [0.25, 0.3) is 6.43 Å². The molecule has 3 rings (SSSR count). The number of hydrogen-bond acceptors (Lipinski definition) is 3. The lowest BCUT2D eigenvalue weighted by Crippen LogP contribution is -2.21. The fourth-order valence-electron chi connectivity index (χ4n) is 3.00. The van der Waals surface area contributed by atoms with Gasteiger partial charge in [-0.15, -0.1) is 0 Å². The Bertz CT molecular complexity index is 708. The van der Waals surface area contributed by atoms with E-state index in [0.29, 0.717) is 17.6 Å². The molecule has 0 aliphatic heterocycles. The fraction of sp³-hybridized carbons (Fsp3) is 0.462. The van der Waals surface area contributed by atoms with Crippen LogP contribution in [0.2, 0.25) is 0 Å². The number of hydrogen-bond donors (Lipinski definition) is 1. The lowest BCUT2D eigenvalue weighted by atomic mass is 9.86. The molecule has 1 aliphatic carbocycles. The van der Waals surface area contributed by atoms with Crippen LogP contribution in [0.4, 0.5) is 8.78 Å². The van der Waals surface area contributed by atoms with E-state index in [4.69, 9.17) is 5.73 Å². The summed E-state index contributed by atoms with van der Waals surface area (Å²) < 4.78 is 26.9. The van der Waals surface area contributed by atoms with Gasteiger partial charge in [0.05, 0.1) is 18.3 Å². The van der Waals surface area contributed by atoms with Crippen molar-refractivity contribution >= 4 is 11.6 Å². The number of alkyl halides is 2. The Hall–Kier alpha value is -2.05.